The van der Waals surface area contributed by atoms with Crippen LogP contribution in [0.2, 0.25) is 0 Å². The summed E-state index contributed by atoms with van der Waals surface area (Å²) in [6.07, 6.45) is 0. The van der Waals surface area contributed by atoms with Gasteiger partial charge >= 0.3 is 0 Å². The number of nitrogens with zero attached hydrogens (tertiary/aromatic N) is 1. The Morgan fingerprint density at radius 1 is 1.05 bits per heavy atom. The van der Waals surface area contributed by atoms with Crippen LogP contribution >= 0.6 is 31.9 Å². The normalized spacial score (nSPS) is 10.6. The molecule has 0 saturated carbocycles. The standard InChI is InChI=1S/C14H11Br2FN2O2/c15-11-3-4-13(17)10(5-11)8-18-7-9-1-2-12(16)6-14(9)19(20)21/h1-6,18H,7-8H2. The number of nitro benzene ring substituents is 1. The zero-order chi connectivity index (χ0) is 15.4. The summed E-state index contributed by atoms with van der Waals surface area (Å²) in [5.41, 5.74) is 1.09. The van der Waals surface area contributed by atoms with Crippen LogP contribution in [0.4, 0.5) is 10.1 Å². The molecule has 21 heavy (non-hydrogen) atoms. The fraction of sp³-hybridized carbons (Fsp3) is 0.143. The summed E-state index contributed by atoms with van der Waals surface area (Å²) in [4.78, 5) is 10.6. The van der Waals surface area contributed by atoms with E-state index in [1.165, 1.54) is 12.1 Å². The van der Waals surface area contributed by atoms with Gasteiger partial charge in [-0.05, 0) is 30.3 Å². The van der Waals surface area contributed by atoms with E-state index in [-0.39, 0.29) is 18.0 Å². The van der Waals surface area contributed by atoms with E-state index in [0.29, 0.717) is 22.1 Å². The maximum atomic E-state index is 13.6. The van der Waals surface area contributed by atoms with Crippen molar-refractivity contribution in [2.75, 3.05) is 0 Å². The Morgan fingerprint density at radius 3 is 2.38 bits per heavy atom. The van der Waals surface area contributed by atoms with Gasteiger partial charge in [0.1, 0.15) is 5.82 Å². The van der Waals surface area contributed by atoms with Gasteiger partial charge in [-0.3, -0.25) is 10.1 Å². The fourth-order valence-corrected chi connectivity index (χ4v) is 2.62. The van der Waals surface area contributed by atoms with Gasteiger partial charge in [-0.25, -0.2) is 4.39 Å². The third-order valence-electron chi connectivity index (χ3n) is 2.88. The predicted molar refractivity (Wildman–Crippen MR) is 85.4 cm³/mol. The van der Waals surface area contributed by atoms with E-state index in [1.54, 1.807) is 24.3 Å². The van der Waals surface area contributed by atoms with Crippen LogP contribution in [0.25, 0.3) is 0 Å². The fourth-order valence-electron chi connectivity index (χ4n) is 1.87. The second-order valence-corrected chi connectivity index (χ2v) is 6.20. The molecule has 0 bridgehead atoms. The molecule has 0 unspecified atom stereocenters. The summed E-state index contributed by atoms with van der Waals surface area (Å²) in [6.45, 7) is 0.577. The van der Waals surface area contributed by atoms with Crippen LogP contribution in [0, 0.1) is 15.9 Å². The monoisotopic (exact) mass is 416 g/mol. The smallest absolute Gasteiger partial charge is 0.275 e. The Morgan fingerprint density at radius 2 is 1.67 bits per heavy atom. The van der Waals surface area contributed by atoms with Gasteiger partial charge < -0.3 is 5.32 Å². The van der Waals surface area contributed by atoms with Gasteiger partial charge in [0.2, 0.25) is 0 Å². The lowest BCUT2D eigenvalue weighted by atomic mass is 10.1. The number of hydrogen-bond acceptors (Lipinski definition) is 3. The van der Waals surface area contributed by atoms with Crippen molar-refractivity contribution >= 4 is 37.5 Å². The summed E-state index contributed by atoms with van der Waals surface area (Å²) >= 11 is 6.49. The molecular weight excluding hydrogens is 407 g/mol. The molecule has 0 aromatic heterocycles. The van der Waals surface area contributed by atoms with Gasteiger partial charge in [0, 0.05) is 39.2 Å². The number of rotatable bonds is 5. The van der Waals surface area contributed by atoms with Crippen LogP contribution in [0.5, 0.6) is 0 Å². The molecule has 110 valence electrons. The molecule has 2 aromatic carbocycles. The Balaban J connectivity index is 2.07. The van der Waals surface area contributed by atoms with Crippen molar-refractivity contribution in [1.29, 1.82) is 0 Å². The number of nitro groups is 1. The lowest BCUT2D eigenvalue weighted by Gasteiger charge is -2.07. The lowest BCUT2D eigenvalue weighted by molar-refractivity contribution is -0.385. The minimum atomic E-state index is -0.429. The van der Waals surface area contributed by atoms with Crippen molar-refractivity contribution in [2.45, 2.75) is 13.1 Å². The third kappa shape index (κ3) is 4.33. The van der Waals surface area contributed by atoms with E-state index in [9.17, 15) is 14.5 Å². The first-order valence-corrected chi connectivity index (χ1v) is 7.63. The van der Waals surface area contributed by atoms with Gasteiger partial charge in [0.25, 0.3) is 5.69 Å². The van der Waals surface area contributed by atoms with Crippen LogP contribution in [-0.4, -0.2) is 4.92 Å². The molecule has 4 nitrogen and oxygen atoms in total. The maximum Gasteiger partial charge on any atom is 0.275 e. The molecule has 0 atom stereocenters. The first kappa shape index (κ1) is 16.1. The molecule has 2 aromatic rings. The van der Waals surface area contributed by atoms with E-state index in [2.05, 4.69) is 37.2 Å². The van der Waals surface area contributed by atoms with Gasteiger partial charge in [0.05, 0.1) is 4.92 Å². The molecule has 0 aliphatic heterocycles. The van der Waals surface area contributed by atoms with Crippen molar-refractivity contribution in [2.24, 2.45) is 0 Å². The average molecular weight is 418 g/mol. The molecule has 7 heteroatoms. The summed E-state index contributed by atoms with van der Waals surface area (Å²) in [5.74, 6) is -0.309. The topological polar surface area (TPSA) is 55.2 Å². The molecule has 0 spiro atoms. The lowest BCUT2D eigenvalue weighted by Crippen LogP contribution is -2.14. The Labute approximate surface area is 137 Å². The molecule has 0 heterocycles. The van der Waals surface area contributed by atoms with Gasteiger partial charge in [-0.2, -0.15) is 0 Å². The van der Waals surface area contributed by atoms with Gasteiger partial charge in [0.15, 0.2) is 0 Å². The van der Waals surface area contributed by atoms with E-state index in [4.69, 9.17) is 0 Å². The molecule has 0 aliphatic carbocycles. The number of hydrogen-bond donors (Lipinski definition) is 1. The summed E-state index contributed by atoms with van der Waals surface area (Å²) in [5, 5.41) is 14.0. The second kappa shape index (κ2) is 7.11. The summed E-state index contributed by atoms with van der Waals surface area (Å²) < 4.78 is 15.0. The van der Waals surface area contributed by atoms with Gasteiger partial charge in [-0.15, -0.1) is 0 Å². The predicted octanol–water partition coefficient (Wildman–Crippen LogP) is 4.55. The Bertz CT molecular complexity index is 680. The minimum absolute atomic E-state index is 0.0339. The van der Waals surface area contributed by atoms with Crippen molar-refractivity contribution in [3.05, 3.63) is 72.4 Å². The SMILES string of the molecule is O=[N+]([O-])c1cc(Br)ccc1CNCc1cc(Br)ccc1F. The van der Waals surface area contributed by atoms with Gasteiger partial charge in [-0.1, -0.05) is 31.9 Å². The molecule has 0 radical (unpaired) electrons. The van der Waals surface area contributed by atoms with E-state index >= 15 is 0 Å². The first-order chi connectivity index (χ1) is 9.97. The number of halogens is 3. The minimum Gasteiger partial charge on any atom is -0.308 e. The number of nitrogens with one attached hydrogen (secondary N) is 1. The van der Waals surface area contributed by atoms with E-state index in [0.717, 1.165) is 4.47 Å². The highest BCUT2D eigenvalue weighted by atomic mass is 79.9. The third-order valence-corrected chi connectivity index (χ3v) is 3.87. The van der Waals surface area contributed by atoms with Crippen LogP contribution < -0.4 is 5.32 Å². The van der Waals surface area contributed by atoms with Crippen molar-refractivity contribution in [3.8, 4) is 0 Å². The molecule has 0 saturated heterocycles. The quantitative estimate of drug-likeness (QED) is 0.573. The zero-order valence-electron chi connectivity index (χ0n) is 10.8. The second-order valence-electron chi connectivity index (χ2n) is 4.37. The van der Waals surface area contributed by atoms with Crippen molar-refractivity contribution < 1.29 is 9.31 Å². The van der Waals surface area contributed by atoms with E-state index < -0.39 is 4.92 Å². The molecule has 1 N–H and O–H groups in total. The van der Waals surface area contributed by atoms with Crippen molar-refractivity contribution in [1.82, 2.24) is 5.32 Å². The van der Waals surface area contributed by atoms with Crippen LogP contribution in [-0.2, 0) is 13.1 Å². The summed E-state index contributed by atoms with van der Waals surface area (Å²) in [6, 6.07) is 9.55. The molecule has 0 aliphatic rings. The maximum absolute atomic E-state index is 13.6. The first-order valence-electron chi connectivity index (χ1n) is 6.05. The van der Waals surface area contributed by atoms with Crippen molar-refractivity contribution in [3.63, 3.8) is 0 Å². The largest absolute Gasteiger partial charge is 0.308 e. The molecule has 0 fully saturated rings. The van der Waals surface area contributed by atoms with Crippen LogP contribution in [0.1, 0.15) is 11.1 Å². The molecule has 2 rings (SSSR count). The summed E-state index contributed by atoms with van der Waals surface area (Å²) in [7, 11) is 0. The highest BCUT2D eigenvalue weighted by Gasteiger charge is 2.13. The van der Waals surface area contributed by atoms with Crippen LogP contribution in [0.3, 0.4) is 0 Å². The number of benzene rings is 2. The van der Waals surface area contributed by atoms with Crippen LogP contribution in [0.15, 0.2) is 45.3 Å². The zero-order valence-corrected chi connectivity index (χ0v) is 13.9. The Kier molecular flexibility index (Phi) is 5.44. The molecule has 0 amide bonds. The van der Waals surface area contributed by atoms with E-state index in [1.807, 2.05) is 0 Å². The Hall–Kier alpha value is -1.31. The highest BCUT2D eigenvalue weighted by Crippen LogP contribution is 2.23. The highest BCUT2D eigenvalue weighted by molar-refractivity contribution is 9.10. The average Bonchev–Trinajstić information content (AvgIpc) is 2.44. The molecular formula is C14H11Br2FN2O2.